The van der Waals surface area contributed by atoms with E-state index in [0.29, 0.717) is 28.1 Å². The van der Waals surface area contributed by atoms with Crippen LogP contribution in [0.2, 0.25) is 5.02 Å². The molecule has 2 aromatic heterocycles. The summed E-state index contributed by atoms with van der Waals surface area (Å²) in [5, 5.41) is 3.51. The van der Waals surface area contributed by atoms with Crippen LogP contribution in [0.1, 0.15) is 0 Å². The molecule has 3 aromatic rings. The summed E-state index contributed by atoms with van der Waals surface area (Å²) >= 11 is 5.80. The maximum absolute atomic E-state index is 13.3. The van der Waals surface area contributed by atoms with Crippen LogP contribution < -0.4 is 10.9 Å². The number of anilines is 1. The van der Waals surface area contributed by atoms with Gasteiger partial charge in [0.2, 0.25) is 5.95 Å². The number of aromatic nitrogens is 3. The summed E-state index contributed by atoms with van der Waals surface area (Å²) in [6, 6.07) is 5.87. The third kappa shape index (κ3) is 2.31. The second-order valence-corrected chi connectivity index (χ2v) is 5.18. The highest BCUT2D eigenvalue weighted by molar-refractivity contribution is 6.31. The van der Waals surface area contributed by atoms with Crippen molar-refractivity contribution in [2.75, 3.05) is 12.4 Å². The highest BCUT2D eigenvalue weighted by atomic mass is 35.5. The lowest BCUT2D eigenvalue weighted by atomic mass is 10.1. The molecule has 2 heterocycles. The van der Waals surface area contributed by atoms with Crippen LogP contribution in [-0.4, -0.2) is 21.6 Å². The first kappa shape index (κ1) is 14.5. The van der Waals surface area contributed by atoms with Crippen LogP contribution in [0.15, 0.2) is 35.3 Å². The molecule has 0 spiro atoms. The number of nitrogens with one attached hydrogen (secondary N) is 1. The molecule has 7 heteroatoms. The molecule has 1 aromatic carbocycles. The largest absolute Gasteiger partial charge is 0.357 e. The van der Waals surface area contributed by atoms with Gasteiger partial charge in [0.05, 0.1) is 5.02 Å². The van der Waals surface area contributed by atoms with E-state index in [9.17, 15) is 9.18 Å². The number of hydrogen-bond acceptors (Lipinski definition) is 4. The number of hydrogen-bond donors (Lipinski definition) is 1. The minimum Gasteiger partial charge on any atom is -0.357 e. The van der Waals surface area contributed by atoms with Crippen LogP contribution in [0.4, 0.5) is 10.3 Å². The van der Waals surface area contributed by atoms with Crippen molar-refractivity contribution >= 4 is 28.6 Å². The monoisotopic (exact) mass is 318 g/mol. The first-order chi connectivity index (χ1) is 10.5. The Morgan fingerprint density at radius 1 is 1.32 bits per heavy atom. The number of benzene rings is 1. The number of pyridine rings is 1. The molecule has 0 saturated carbocycles. The molecule has 0 bridgehead atoms. The van der Waals surface area contributed by atoms with Crippen molar-refractivity contribution in [3.63, 3.8) is 0 Å². The second kappa shape index (κ2) is 5.38. The minimum absolute atomic E-state index is 0.0265. The van der Waals surface area contributed by atoms with Crippen LogP contribution in [-0.2, 0) is 7.05 Å². The zero-order valence-electron chi connectivity index (χ0n) is 11.9. The molecular weight excluding hydrogens is 307 g/mol. The Hall–Kier alpha value is -2.47. The van der Waals surface area contributed by atoms with E-state index in [2.05, 4.69) is 15.3 Å². The fourth-order valence-electron chi connectivity index (χ4n) is 2.24. The predicted octanol–water partition coefficient (Wildman–Crippen LogP) is 2.83. The van der Waals surface area contributed by atoms with E-state index in [4.69, 9.17) is 11.6 Å². The summed E-state index contributed by atoms with van der Waals surface area (Å²) in [6.45, 7) is 0. The molecule has 22 heavy (non-hydrogen) atoms. The fourth-order valence-corrected chi connectivity index (χ4v) is 2.42. The average molecular weight is 319 g/mol. The molecule has 0 atom stereocenters. The quantitative estimate of drug-likeness (QED) is 0.789. The standard InChI is InChI=1S/C15H12ClFN4O/c1-18-15-19-7-9-5-10(14(22)21(2)13(9)20-15)8-3-4-12(17)11(16)6-8/h3-7H,1-2H3,(H,18,19,20). The molecule has 0 saturated heterocycles. The molecule has 3 rings (SSSR count). The molecule has 1 N–H and O–H groups in total. The summed E-state index contributed by atoms with van der Waals surface area (Å²) in [6.07, 6.45) is 1.63. The van der Waals surface area contributed by atoms with Crippen LogP contribution in [0.3, 0.4) is 0 Å². The highest BCUT2D eigenvalue weighted by Crippen LogP contribution is 2.24. The van der Waals surface area contributed by atoms with Gasteiger partial charge in [0, 0.05) is 31.2 Å². The molecule has 0 fully saturated rings. The summed E-state index contributed by atoms with van der Waals surface area (Å²) in [5.74, 6) is -0.0925. The Balaban J connectivity index is 2.29. The van der Waals surface area contributed by atoms with Gasteiger partial charge in [-0.3, -0.25) is 9.36 Å². The fraction of sp³-hybridized carbons (Fsp3) is 0.133. The number of nitrogens with zero attached hydrogens (tertiary/aromatic N) is 3. The summed E-state index contributed by atoms with van der Waals surface area (Å²) < 4.78 is 14.7. The van der Waals surface area contributed by atoms with Gasteiger partial charge in [0.15, 0.2) is 0 Å². The minimum atomic E-state index is -0.523. The van der Waals surface area contributed by atoms with E-state index < -0.39 is 5.82 Å². The van der Waals surface area contributed by atoms with Gasteiger partial charge in [-0.2, -0.15) is 4.98 Å². The van der Waals surface area contributed by atoms with Gasteiger partial charge in [-0.25, -0.2) is 9.37 Å². The van der Waals surface area contributed by atoms with Gasteiger partial charge >= 0.3 is 0 Å². The van der Waals surface area contributed by atoms with Gasteiger partial charge in [-0.1, -0.05) is 17.7 Å². The molecule has 0 aliphatic heterocycles. The van der Waals surface area contributed by atoms with Crippen molar-refractivity contribution in [1.29, 1.82) is 0 Å². The van der Waals surface area contributed by atoms with Crippen LogP contribution >= 0.6 is 11.6 Å². The smallest absolute Gasteiger partial charge is 0.259 e. The van der Waals surface area contributed by atoms with Crippen LogP contribution in [0.25, 0.3) is 22.2 Å². The van der Waals surface area contributed by atoms with Crippen molar-refractivity contribution in [2.45, 2.75) is 0 Å². The van der Waals surface area contributed by atoms with Gasteiger partial charge < -0.3 is 5.32 Å². The molecule has 112 valence electrons. The number of rotatable bonds is 2. The van der Waals surface area contributed by atoms with Gasteiger partial charge in [-0.15, -0.1) is 0 Å². The first-order valence-corrected chi connectivity index (χ1v) is 6.89. The molecule has 0 aliphatic rings. The molecule has 0 radical (unpaired) electrons. The SMILES string of the molecule is CNc1ncc2cc(-c3ccc(F)c(Cl)c3)c(=O)n(C)c2n1. The normalized spacial score (nSPS) is 10.9. The van der Waals surface area contributed by atoms with E-state index in [-0.39, 0.29) is 10.6 Å². The Kier molecular flexibility index (Phi) is 3.54. The predicted molar refractivity (Wildman–Crippen MR) is 84.7 cm³/mol. The van der Waals surface area contributed by atoms with Crippen LogP contribution in [0.5, 0.6) is 0 Å². The Morgan fingerprint density at radius 2 is 2.09 bits per heavy atom. The topological polar surface area (TPSA) is 59.8 Å². The lowest BCUT2D eigenvalue weighted by molar-refractivity contribution is 0.628. The molecular formula is C15H12ClFN4O. The van der Waals surface area contributed by atoms with Crippen molar-refractivity contribution in [2.24, 2.45) is 7.05 Å². The lowest BCUT2D eigenvalue weighted by Gasteiger charge is -2.09. The molecule has 0 aliphatic carbocycles. The second-order valence-electron chi connectivity index (χ2n) is 4.77. The summed E-state index contributed by atoms with van der Waals surface area (Å²) in [7, 11) is 3.33. The van der Waals surface area contributed by atoms with Gasteiger partial charge in [-0.05, 0) is 23.8 Å². The number of halogens is 2. The maximum Gasteiger partial charge on any atom is 0.259 e. The lowest BCUT2D eigenvalue weighted by Crippen LogP contribution is -2.20. The van der Waals surface area contributed by atoms with E-state index in [1.165, 1.54) is 22.8 Å². The summed E-state index contributed by atoms with van der Waals surface area (Å²) in [4.78, 5) is 20.9. The number of aryl methyl sites for hydroxylation is 1. The Labute approximate surface area is 130 Å². The van der Waals surface area contributed by atoms with E-state index in [1.807, 2.05) is 0 Å². The highest BCUT2D eigenvalue weighted by Gasteiger charge is 2.12. The Morgan fingerprint density at radius 3 is 2.77 bits per heavy atom. The maximum atomic E-state index is 13.3. The van der Waals surface area contributed by atoms with Crippen molar-refractivity contribution in [1.82, 2.24) is 14.5 Å². The average Bonchev–Trinajstić information content (AvgIpc) is 2.53. The molecule has 0 unspecified atom stereocenters. The Bertz CT molecular complexity index is 939. The molecule has 0 amide bonds. The van der Waals surface area contributed by atoms with Gasteiger partial charge in [0.1, 0.15) is 11.5 Å². The zero-order valence-corrected chi connectivity index (χ0v) is 12.6. The zero-order chi connectivity index (χ0) is 15.9. The van der Waals surface area contributed by atoms with E-state index in [1.54, 1.807) is 26.4 Å². The number of fused-ring (bicyclic) bond motifs is 1. The van der Waals surface area contributed by atoms with E-state index in [0.717, 1.165) is 0 Å². The van der Waals surface area contributed by atoms with Crippen LogP contribution in [0, 0.1) is 5.82 Å². The molecule has 5 nitrogen and oxygen atoms in total. The van der Waals surface area contributed by atoms with Crippen molar-refractivity contribution < 1.29 is 4.39 Å². The first-order valence-electron chi connectivity index (χ1n) is 6.51. The van der Waals surface area contributed by atoms with E-state index >= 15 is 0 Å². The summed E-state index contributed by atoms with van der Waals surface area (Å²) in [5.41, 5.74) is 1.24. The van der Waals surface area contributed by atoms with Gasteiger partial charge in [0.25, 0.3) is 5.56 Å². The third-order valence-electron chi connectivity index (χ3n) is 3.40. The van der Waals surface area contributed by atoms with Crippen molar-refractivity contribution in [3.05, 3.63) is 51.7 Å². The third-order valence-corrected chi connectivity index (χ3v) is 3.69. The van der Waals surface area contributed by atoms with Crippen molar-refractivity contribution in [3.8, 4) is 11.1 Å².